The predicted molar refractivity (Wildman–Crippen MR) is 56.3 cm³/mol. The van der Waals surface area contributed by atoms with Gasteiger partial charge in [-0.2, -0.15) is 0 Å². The molecule has 0 atom stereocenters. The van der Waals surface area contributed by atoms with Gasteiger partial charge >= 0.3 is 0 Å². The maximum atomic E-state index is 9.06. The van der Waals surface area contributed by atoms with E-state index in [4.69, 9.17) is 21.1 Å². The molecule has 6 N–H and O–H groups in total. The molecular formula is C9H15N3O3. The van der Waals surface area contributed by atoms with Gasteiger partial charge in [-0.3, -0.25) is 0 Å². The van der Waals surface area contributed by atoms with Crippen molar-refractivity contribution in [1.82, 2.24) is 4.98 Å². The Kier molecular flexibility index (Phi) is 3.84. The van der Waals surface area contributed by atoms with Crippen molar-refractivity contribution in [3.05, 3.63) is 18.3 Å². The lowest BCUT2D eigenvalue weighted by atomic mass is 10.0. The molecule has 0 unspecified atom stereocenters. The molecule has 0 saturated heterocycles. The van der Waals surface area contributed by atoms with Crippen molar-refractivity contribution in [1.29, 1.82) is 0 Å². The van der Waals surface area contributed by atoms with Crippen molar-refractivity contribution in [3.8, 4) is 0 Å². The summed E-state index contributed by atoms with van der Waals surface area (Å²) in [6.07, 6.45) is 1.44. The molecule has 0 aliphatic rings. The lowest BCUT2D eigenvalue weighted by Gasteiger charge is -2.29. The second-order valence-corrected chi connectivity index (χ2v) is 3.36. The van der Waals surface area contributed by atoms with E-state index in [0.29, 0.717) is 11.5 Å². The molecule has 0 spiro atoms. The highest BCUT2D eigenvalue weighted by Crippen LogP contribution is 2.13. The van der Waals surface area contributed by atoms with Gasteiger partial charge in [-0.05, 0) is 12.1 Å². The molecule has 0 amide bonds. The minimum Gasteiger partial charge on any atom is -0.397 e. The van der Waals surface area contributed by atoms with E-state index in [1.54, 1.807) is 12.1 Å². The zero-order valence-electron chi connectivity index (χ0n) is 8.22. The Labute approximate surface area is 87.4 Å². The number of anilines is 2. The molecule has 0 bridgehead atoms. The number of aromatic nitrogens is 1. The summed E-state index contributed by atoms with van der Waals surface area (Å²) >= 11 is 0. The molecule has 6 nitrogen and oxygen atoms in total. The average Bonchev–Trinajstić information content (AvgIpc) is 2.29. The fraction of sp³-hybridized carbons (Fsp3) is 0.444. The molecule has 0 radical (unpaired) electrons. The van der Waals surface area contributed by atoms with Crippen molar-refractivity contribution in [2.24, 2.45) is 0 Å². The van der Waals surface area contributed by atoms with Gasteiger partial charge in [0, 0.05) is 0 Å². The van der Waals surface area contributed by atoms with Crippen LogP contribution in [0.5, 0.6) is 0 Å². The Balaban J connectivity index is 2.78. The van der Waals surface area contributed by atoms with Gasteiger partial charge in [0.25, 0.3) is 0 Å². The number of rotatable bonds is 5. The van der Waals surface area contributed by atoms with E-state index in [0.717, 1.165) is 0 Å². The van der Waals surface area contributed by atoms with E-state index >= 15 is 0 Å². The fourth-order valence-corrected chi connectivity index (χ4v) is 1.02. The molecule has 1 aromatic rings. The van der Waals surface area contributed by atoms with Crippen LogP contribution in [0.3, 0.4) is 0 Å². The molecule has 0 saturated carbocycles. The summed E-state index contributed by atoms with van der Waals surface area (Å²) in [6.45, 7) is -1.19. The Morgan fingerprint density at radius 2 is 1.80 bits per heavy atom. The van der Waals surface area contributed by atoms with Crippen LogP contribution in [-0.2, 0) is 0 Å². The summed E-state index contributed by atoms with van der Waals surface area (Å²) in [4.78, 5) is 3.94. The first-order valence-corrected chi connectivity index (χ1v) is 4.48. The van der Waals surface area contributed by atoms with Crippen LogP contribution in [0.4, 0.5) is 11.5 Å². The van der Waals surface area contributed by atoms with Crippen molar-refractivity contribution < 1.29 is 15.3 Å². The highest BCUT2D eigenvalue weighted by molar-refractivity contribution is 5.45. The molecule has 6 heteroatoms. The van der Waals surface area contributed by atoms with Gasteiger partial charge in [-0.25, -0.2) is 4.98 Å². The zero-order chi connectivity index (χ0) is 11.3. The first-order chi connectivity index (χ1) is 7.15. The van der Waals surface area contributed by atoms with Gasteiger partial charge in [0.05, 0.1) is 31.7 Å². The van der Waals surface area contributed by atoms with Gasteiger partial charge in [0.2, 0.25) is 0 Å². The summed E-state index contributed by atoms with van der Waals surface area (Å²) < 4.78 is 0. The van der Waals surface area contributed by atoms with Gasteiger partial charge in [-0.15, -0.1) is 0 Å². The molecule has 0 aliphatic carbocycles. The quantitative estimate of drug-likeness (QED) is 0.419. The van der Waals surface area contributed by atoms with Crippen molar-refractivity contribution >= 4 is 11.5 Å². The van der Waals surface area contributed by atoms with E-state index in [-0.39, 0.29) is 0 Å². The lowest BCUT2D eigenvalue weighted by molar-refractivity contribution is 0.0831. The van der Waals surface area contributed by atoms with Crippen LogP contribution in [0.2, 0.25) is 0 Å². The highest BCUT2D eigenvalue weighted by atomic mass is 16.3. The third-order valence-corrected chi connectivity index (χ3v) is 2.09. The number of hydrogen-bond acceptors (Lipinski definition) is 6. The van der Waals surface area contributed by atoms with Crippen LogP contribution >= 0.6 is 0 Å². The molecule has 84 valence electrons. The van der Waals surface area contributed by atoms with Crippen LogP contribution < -0.4 is 11.1 Å². The molecule has 15 heavy (non-hydrogen) atoms. The standard InChI is InChI=1S/C9H15N3O3/c10-7-1-2-8(11-3-7)12-9(4-13,5-14)6-15/h1-3,13-15H,4-6,10H2,(H,11,12). The third kappa shape index (κ3) is 2.79. The number of aliphatic hydroxyl groups is 3. The Hall–Kier alpha value is -1.37. The maximum absolute atomic E-state index is 9.06. The van der Waals surface area contributed by atoms with Crippen LogP contribution in [-0.4, -0.2) is 45.7 Å². The second-order valence-electron chi connectivity index (χ2n) is 3.36. The smallest absolute Gasteiger partial charge is 0.126 e. The van der Waals surface area contributed by atoms with E-state index in [1.165, 1.54) is 6.20 Å². The second kappa shape index (κ2) is 4.92. The normalized spacial score (nSPS) is 11.4. The van der Waals surface area contributed by atoms with Gasteiger partial charge in [0.1, 0.15) is 11.4 Å². The summed E-state index contributed by atoms with van der Waals surface area (Å²) in [5, 5.41) is 29.9. The Bertz CT molecular complexity index is 290. The summed E-state index contributed by atoms with van der Waals surface area (Å²) in [6, 6.07) is 3.23. The van der Waals surface area contributed by atoms with E-state index < -0.39 is 25.4 Å². The van der Waals surface area contributed by atoms with E-state index in [2.05, 4.69) is 10.3 Å². The molecule has 0 aliphatic heterocycles. The molecular weight excluding hydrogens is 198 g/mol. The molecule has 1 rings (SSSR count). The molecule has 1 heterocycles. The van der Waals surface area contributed by atoms with Gasteiger partial charge < -0.3 is 26.4 Å². The SMILES string of the molecule is Nc1ccc(NC(CO)(CO)CO)nc1. The minimum absolute atomic E-state index is 0.397. The highest BCUT2D eigenvalue weighted by Gasteiger charge is 2.27. The first-order valence-electron chi connectivity index (χ1n) is 4.48. The lowest BCUT2D eigenvalue weighted by Crippen LogP contribution is -2.49. The number of aliphatic hydroxyl groups excluding tert-OH is 3. The summed E-state index contributed by atoms with van der Waals surface area (Å²) in [7, 11) is 0. The van der Waals surface area contributed by atoms with Gasteiger partial charge in [0.15, 0.2) is 0 Å². The average molecular weight is 213 g/mol. The minimum atomic E-state index is -1.16. The molecule has 0 aromatic carbocycles. The largest absolute Gasteiger partial charge is 0.397 e. The number of hydrogen-bond donors (Lipinski definition) is 5. The monoisotopic (exact) mass is 213 g/mol. The fourth-order valence-electron chi connectivity index (χ4n) is 1.02. The number of pyridine rings is 1. The molecule has 0 fully saturated rings. The first kappa shape index (κ1) is 11.7. The topological polar surface area (TPSA) is 112 Å². The zero-order valence-corrected chi connectivity index (χ0v) is 8.22. The molecule has 1 aromatic heterocycles. The Morgan fingerprint density at radius 1 is 1.20 bits per heavy atom. The maximum Gasteiger partial charge on any atom is 0.126 e. The number of nitrogen functional groups attached to an aromatic ring is 1. The van der Waals surface area contributed by atoms with E-state index in [1.807, 2.05) is 0 Å². The van der Waals surface area contributed by atoms with Crippen molar-refractivity contribution in [2.75, 3.05) is 30.9 Å². The van der Waals surface area contributed by atoms with Gasteiger partial charge in [-0.1, -0.05) is 0 Å². The van der Waals surface area contributed by atoms with Crippen LogP contribution in [0.15, 0.2) is 18.3 Å². The number of nitrogens with zero attached hydrogens (tertiary/aromatic N) is 1. The van der Waals surface area contributed by atoms with E-state index in [9.17, 15) is 0 Å². The Morgan fingerprint density at radius 3 is 2.20 bits per heavy atom. The number of nitrogens with one attached hydrogen (secondary N) is 1. The number of nitrogens with two attached hydrogens (primary N) is 1. The van der Waals surface area contributed by atoms with Crippen molar-refractivity contribution in [3.63, 3.8) is 0 Å². The van der Waals surface area contributed by atoms with Crippen LogP contribution in [0, 0.1) is 0 Å². The third-order valence-electron chi connectivity index (χ3n) is 2.09. The summed E-state index contributed by atoms with van der Waals surface area (Å²) in [5.41, 5.74) is 4.80. The van der Waals surface area contributed by atoms with Crippen LogP contribution in [0.25, 0.3) is 0 Å². The predicted octanol–water partition coefficient (Wildman–Crippen LogP) is -1.21. The van der Waals surface area contributed by atoms with Crippen molar-refractivity contribution in [2.45, 2.75) is 5.54 Å². The summed E-state index contributed by atoms with van der Waals surface area (Å²) in [5.74, 6) is 0.432. The van der Waals surface area contributed by atoms with Crippen LogP contribution in [0.1, 0.15) is 0 Å².